The van der Waals surface area contributed by atoms with Crippen LogP contribution < -0.4 is 5.32 Å². The molecule has 0 atom stereocenters. The largest absolute Gasteiger partial charge is 0.354 e. The minimum Gasteiger partial charge on any atom is -0.354 e. The number of nitrogens with one attached hydrogen (secondary N) is 2. The first-order valence-corrected chi connectivity index (χ1v) is 9.20. The first-order chi connectivity index (χ1) is 11.5. The third-order valence-corrected chi connectivity index (χ3v) is 5.02. The number of aryl methyl sites for hydroxylation is 1. The molecule has 0 radical (unpaired) electrons. The standard InChI is InChI=1S/C19H31N3O2/c1-5-9-22-10-7-15(8-11-22)12-20-19(24)18-16(6-2)17(14(4)23)13(3)21-18/h15,21H,5-12H2,1-4H3,(H,20,24). The fraction of sp³-hybridized carbons (Fsp3) is 0.684. The number of hydrogen-bond acceptors (Lipinski definition) is 3. The highest BCUT2D eigenvalue weighted by Crippen LogP contribution is 2.21. The molecule has 24 heavy (non-hydrogen) atoms. The van der Waals surface area contributed by atoms with E-state index in [2.05, 4.69) is 22.1 Å². The molecule has 1 aliphatic heterocycles. The van der Waals surface area contributed by atoms with Crippen molar-refractivity contribution < 1.29 is 9.59 Å². The Balaban J connectivity index is 1.94. The Hall–Kier alpha value is -1.62. The van der Waals surface area contributed by atoms with Crippen LogP contribution in [0, 0.1) is 12.8 Å². The van der Waals surface area contributed by atoms with Gasteiger partial charge in [-0.25, -0.2) is 0 Å². The van der Waals surface area contributed by atoms with Crippen molar-refractivity contribution in [3.8, 4) is 0 Å². The fourth-order valence-corrected chi connectivity index (χ4v) is 3.76. The lowest BCUT2D eigenvalue weighted by atomic mass is 9.96. The molecule has 1 aliphatic rings. The number of nitrogens with zero attached hydrogens (tertiary/aromatic N) is 1. The van der Waals surface area contributed by atoms with E-state index < -0.39 is 0 Å². The van der Waals surface area contributed by atoms with Crippen LogP contribution in [-0.2, 0) is 6.42 Å². The van der Waals surface area contributed by atoms with Crippen LogP contribution in [0.3, 0.4) is 0 Å². The molecular formula is C19H31N3O2. The third-order valence-electron chi connectivity index (χ3n) is 5.02. The van der Waals surface area contributed by atoms with Gasteiger partial charge in [0.25, 0.3) is 5.91 Å². The number of aromatic nitrogens is 1. The molecule has 1 saturated heterocycles. The van der Waals surface area contributed by atoms with Gasteiger partial charge >= 0.3 is 0 Å². The van der Waals surface area contributed by atoms with Crippen LogP contribution in [0.4, 0.5) is 0 Å². The number of carbonyl (C=O) groups excluding carboxylic acids is 2. The van der Waals surface area contributed by atoms with Crippen LogP contribution in [0.1, 0.15) is 72.1 Å². The smallest absolute Gasteiger partial charge is 0.268 e. The summed E-state index contributed by atoms with van der Waals surface area (Å²) in [5, 5.41) is 3.07. The second kappa shape index (κ2) is 8.47. The van der Waals surface area contributed by atoms with E-state index in [1.54, 1.807) is 6.92 Å². The van der Waals surface area contributed by atoms with Gasteiger partial charge in [0.15, 0.2) is 5.78 Å². The number of carbonyl (C=O) groups is 2. The van der Waals surface area contributed by atoms with E-state index in [4.69, 9.17) is 0 Å². The predicted octanol–water partition coefficient (Wildman–Crippen LogP) is 2.94. The lowest BCUT2D eigenvalue weighted by molar-refractivity contribution is 0.0930. The highest BCUT2D eigenvalue weighted by molar-refractivity contribution is 6.02. The summed E-state index contributed by atoms with van der Waals surface area (Å²) in [5.74, 6) is 0.483. The van der Waals surface area contributed by atoms with Crippen molar-refractivity contribution in [2.75, 3.05) is 26.2 Å². The maximum Gasteiger partial charge on any atom is 0.268 e. The Morgan fingerprint density at radius 3 is 2.46 bits per heavy atom. The van der Waals surface area contributed by atoms with Gasteiger partial charge < -0.3 is 15.2 Å². The molecule has 1 fully saturated rings. The van der Waals surface area contributed by atoms with Crippen LogP contribution in [-0.4, -0.2) is 47.8 Å². The normalized spacial score (nSPS) is 16.3. The van der Waals surface area contributed by atoms with Crippen molar-refractivity contribution >= 4 is 11.7 Å². The lowest BCUT2D eigenvalue weighted by Crippen LogP contribution is -2.39. The van der Waals surface area contributed by atoms with Gasteiger partial charge in [-0.05, 0) is 70.6 Å². The molecular weight excluding hydrogens is 302 g/mol. The van der Waals surface area contributed by atoms with Crippen LogP contribution in [0.5, 0.6) is 0 Å². The molecule has 134 valence electrons. The number of likely N-dealkylation sites (tertiary alicyclic amines) is 1. The van der Waals surface area contributed by atoms with E-state index in [1.807, 2.05) is 13.8 Å². The summed E-state index contributed by atoms with van der Waals surface area (Å²) in [6, 6.07) is 0. The highest BCUT2D eigenvalue weighted by Gasteiger charge is 2.23. The lowest BCUT2D eigenvalue weighted by Gasteiger charge is -2.31. The van der Waals surface area contributed by atoms with Gasteiger partial charge in [0.05, 0.1) is 0 Å². The Morgan fingerprint density at radius 2 is 1.92 bits per heavy atom. The quantitative estimate of drug-likeness (QED) is 0.754. The number of piperidine rings is 1. The van der Waals surface area contributed by atoms with Crippen LogP contribution in [0.2, 0.25) is 0 Å². The van der Waals surface area contributed by atoms with Crippen LogP contribution in [0.15, 0.2) is 0 Å². The molecule has 5 heteroatoms. The number of H-pyrrole nitrogens is 1. The number of hydrogen-bond donors (Lipinski definition) is 2. The average Bonchev–Trinajstić information content (AvgIpc) is 2.91. The summed E-state index contributed by atoms with van der Waals surface area (Å²) >= 11 is 0. The molecule has 0 saturated carbocycles. The highest BCUT2D eigenvalue weighted by atomic mass is 16.2. The molecule has 2 rings (SSSR count). The summed E-state index contributed by atoms with van der Waals surface area (Å²) in [6.45, 7) is 11.8. The Kier molecular flexibility index (Phi) is 6.60. The van der Waals surface area contributed by atoms with Gasteiger partial charge in [0.1, 0.15) is 5.69 Å². The van der Waals surface area contributed by atoms with Crippen molar-refractivity contribution in [3.05, 3.63) is 22.5 Å². The van der Waals surface area contributed by atoms with Gasteiger partial charge in [0, 0.05) is 17.8 Å². The zero-order valence-electron chi connectivity index (χ0n) is 15.5. The summed E-state index contributed by atoms with van der Waals surface area (Å²) in [5.41, 5.74) is 2.87. The minimum absolute atomic E-state index is 0.0166. The topological polar surface area (TPSA) is 65.2 Å². The van der Waals surface area contributed by atoms with E-state index in [9.17, 15) is 9.59 Å². The van der Waals surface area contributed by atoms with Gasteiger partial charge in [-0.2, -0.15) is 0 Å². The van der Waals surface area contributed by atoms with Gasteiger partial charge in [-0.1, -0.05) is 13.8 Å². The molecule has 0 aromatic carbocycles. The van der Waals surface area contributed by atoms with Crippen molar-refractivity contribution in [2.24, 2.45) is 5.92 Å². The maximum atomic E-state index is 12.6. The molecule has 0 bridgehead atoms. The molecule has 2 heterocycles. The molecule has 2 N–H and O–H groups in total. The fourth-order valence-electron chi connectivity index (χ4n) is 3.76. The SMILES string of the molecule is CCCN1CCC(CNC(=O)c2[nH]c(C)c(C(C)=O)c2CC)CC1. The molecule has 0 unspecified atom stereocenters. The van der Waals surface area contributed by atoms with E-state index in [1.165, 1.54) is 13.0 Å². The van der Waals surface area contributed by atoms with E-state index in [-0.39, 0.29) is 11.7 Å². The predicted molar refractivity (Wildman–Crippen MR) is 96.7 cm³/mol. The summed E-state index contributed by atoms with van der Waals surface area (Å²) < 4.78 is 0. The second-order valence-electron chi connectivity index (χ2n) is 6.88. The van der Waals surface area contributed by atoms with E-state index in [0.717, 1.165) is 43.7 Å². The van der Waals surface area contributed by atoms with Crippen LogP contribution in [0.25, 0.3) is 0 Å². The first kappa shape index (κ1) is 18.7. The Bertz CT molecular complexity index is 584. The number of ketones is 1. The van der Waals surface area contributed by atoms with Gasteiger partial charge in [-0.15, -0.1) is 0 Å². The summed E-state index contributed by atoms with van der Waals surface area (Å²) in [7, 11) is 0. The van der Waals surface area contributed by atoms with Crippen LogP contribution >= 0.6 is 0 Å². The monoisotopic (exact) mass is 333 g/mol. The molecule has 0 spiro atoms. The summed E-state index contributed by atoms with van der Waals surface area (Å²) in [6.07, 6.45) is 4.16. The Morgan fingerprint density at radius 1 is 1.25 bits per heavy atom. The van der Waals surface area contributed by atoms with Gasteiger partial charge in [-0.3, -0.25) is 9.59 Å². The van der Waals surface area contributed by atoms with Crippen molar-refractivity contribution in [2.45, 2.75) is 53.4 Å². The third kappa shape index (κ3) is 4.26. The Labute approximate surface area is 145 Å². The molecule has 1 aromatic rings. The van der Waals surface area contributed by atoms with Crippen molar-refractivity contribution in [1.82, 2.24) is 15.2 Å². The van der Waals surface area contributed by atoms with Gasteiger partial charge in [0.2, 0.25) is 0 Å². The number of Topliss-reactive ketones (excluding diaryl/α,β-unsaturated/α-hetero) is 1. The zero-order valence-corrected chi connectivity index (χ0v) is 15.5. The second-order valence-corrected chi connectivity index (χ2v) is 6.88. The summed E-state index contributed by atoms with van der Waals surface area (Å²) in [4.78, 5) is 30.0. The molecule has 1 aromatic heterocycles. The molecule has 0 aliphatic carbocycles. The first-order valence-electron chi connectivity index (χ1n) is 9.20. The number of rotatable bonds is 7. The van der Waals surface area contributed by atoms with Crippen molar-refractivity contribution in [3.63, 3.8) is 0 Å². The average molecular weight is 333 g/mol. The molecule has 5 nitrogen and oxygen atoms in total. The maximum absolute atomic E-state index is 12.6. The number of amides is 1. The number of aromatic amines is 1. The van der Waals surface area contributed by atoms with Crippen molar-refractivity contribution in [1.29, 1.82) is 0 Å². The minimum atomic E-state index is -0.0848. The molecule has 1 amide bonds. The van der Waals surface area contributed by atoms with E-state index in [0.29, 0.717) is 23.6 Å². The zero-order chi connectivity index (χ0) is 17.7. The van der Waals surface area contributed by atoms with E-state index >= 15 is 0 Å².